The molecule has 2 aliphatic carbocycles. The Labute approximate surface area is 211 Å². The second kappa shape index (κ2) is 10.3. The van der Waals surface area contributed by atoms with Crippen molar-refractivity contribution in [2.45, 2.75) is 75.9 Å². The van der Waals surface area contributed by atoms with Gasteiger partial charge < -0.3 is 9.72 Å². The molecule has 36 heavy (non-hydrogen) atoms. The summed E-state index contributed by atoms with van der Waals surface area (Å²) in [4.78, 5) is 21.7. The molecular weight excluding hydrogens is 454 g/mol. The van der Waals surface area contributed by atoms with Crippen LogP contribution in [0.5, 0.6) is 5.75 Å². The Morgan fingerprint density at radius 3 is 2.42 bits per heavy atom. The maximum atomic E-state index is 13.5. The van der Waals surface area contributed by atoms with Gasteiger partial charge in [-0.3, -0.25) is 14.6 Å². The van der Waals surface area contributed by atoms with Gasteiger partial charge in [0, 0.05) is 48.7 Å². The number of tetrazole rings is 1. The summed E-state index contributed by atoms with van der Waals surface area (Å²) in [5.41, 5.74) is 1.44. The molecule has 2 saturated carbocycles. The van der Waals surface area contributed by atoms with Crippen LogP contribution in [-0.2, 0) is 0 Å². The van der Waals surface area contributed by atoms with Crippen molar-refractivity contribution in [3.05, 3.63) is 46.0 Å². The van der Waals surface area contributed by atoms with Gasteiger partial charge in [0.1, 0.15) is 11.8 Å². The summed E-state index contributed by atoms with van der Waals surface area (Å²) in [7, 11) is 1.66. The fourth-order valence-electron chi connectivity index (χ4n) is 6.63. The molecule has 1 aromatic carbocycles. The standard InChI is InChI=1S/C27H37N7O2/c1-36-22-11-12-24-19(17-22)18-23(27(35)28-24)25(26-29-30-31-34(26)21-9-5-6-10-21)33-15-13-32(14-16-33)20-7-3-2-4-8-20/h11-12,17-18,20-21,25H,2-10,13-16H2,1H3,(H,28,35)/t25-/m1/s1. The van der Waals surface area contributed by atoms with Crippen LogP contribution in [0.25, 0.3) is 10.9 Å². The van der Waals surface area contributed by atoms with Crippen LogP contribution in [0.15, 0.2) is 29.1 Å². The summed E-state index contributed by atoms with van der Waals surface area (Å²) < 4.78 is 7.47. The highest BCUT2D eigenvalue weighted by atomic mass is 16.5. The molecule has 3 aliphatic rings. The zero-order valence-corrected chi connectivity index (χ0v) is 21.2. The zero-order valence-electron chi connectivity index (χ0n) is 21.2. The van der Waals surface area contributed by atoms with Gasteiger partial charge in [-0.05, 0) is 60.4 Å². The van der Waals surface area contributed by atoms with Gasteiger partial charge in [0.2, 0.25) is 0 Å². The average Bonchev–Trinajstić information content (AvgIpc) is 3.62. The number of pyridine rings is 1. The van der Waals surface area contributed by atoms with E-state index in [-0.39, 0.29) is 11.6 Å². The van der Waals surface area contributed by atoms with Crippen LogP contribution >= 0.6 is 0 Å². The lowest BCUT2D eigenvalue weighted by Gasteiger charge is -2.43. The molecule has 0 unspecified atom stereocenters. The fraction of sp³-hybridized carbons (Fsp3) is 0.630. The first kappa shape index (κ1) is 23.6. The van der Waals surface area contributed by atoms with E-state index in [1.54, 1.807) is 7.11 Å². The van der Waals surface area contributed by atoms with E-state index in [4.69, 9.17) is 4.74 Å². The Morgan fingerprint density at radius 1 is 0.944 bits per heavy atom. The Balaban J connectivity index is 1.37. The van der Waals surface area contributed by atoms with Crippen LogP contribution in [0.1, 0.15) is 81.3 Å². The molecule has 3 fully saturated rings. The quantitative estimate of drug-likeness (QED) is 0.562. The summed E-state index contributed by atoms with van der Waals surface area (Å²) in [6.07, 6.45) is 11.3. The number of hydrogen-bond donors (Lipinski definition) is 1. The van der Waals surface area contributed by atoms with Crippen molar-refractivity contribution < 1.29 is 4.74 Å². The fourth-order valence-corrected chi connectivity index (χ4v) is 6.63. The summed E-state index contributed by atoms with van der Waals surface area (Å²) in [6.45, 7) is 3.83. The van der Waals surface area contributed by atoms with Gasteiger partial charge in [-0.1, -0.05) is 32.1 Å². The molecular formula is C27H37N7O2. The first-order valence-electron chi connectivity index (χ1n) is 13.7. The van der Waals surface area contributed by atoms with Crippen LogP contribution in [-0.4, -0.2) is 74.3 Å². The molecule has 2 aromatic heterocycles. The highest BCUT2D eigenvalue weighted by molar-refractivity contribution is 5.80. The number of nitrogens with one attached hydrogen (secondary N) is 1. The largest absolute Gasteiger partial charge is 0.497 e. The number of methoxy groups -OCH3 is 1. The van der Waals surface area contributed by atoms with Crippen molar-refractivity contribution in [3.63, 3.8) is 0 Å². The smallest absolute Gasteiger partial charge is 0.253 e. The number of benzene rings is 1. The molecule has 192 valence electrons. The molecule has 0 amide bonds. The summed E-state index contributed by atoms with van der Waals surface area (Å²) in [5, 5.41) is 14.0. The molecule has 1 saturated heterocycles. The molecule has 3 aromatic rings. The van der Waals surface area contributed by atoms with E-state index in [1.807, 2.05) is 28.9 Å². The van der Waals surface area contributed by atoms with Gasteiger partial charge in [0.25, 0.3) is 5.56 Å². The van der Waals surface area contributed by atoms with Gasteiger partial charge in [-0.15, -0.1) is 5.10 Å². The summed E-state index contributed by atoms with van der Waals surface area (Å²) >= 11 is 0. The number of nitrogens with zero attached hydrogens (tertiary/aromatic N) is 6. The van der Waals surface area contributed by atoms with Crippen LogP contribution in [0.4, 0.5) is 0 Å². The molecule has 9 nitrogen and oxygen atoms in total. The number of aromatic nitrogens is 5. The van der Waals surface area contributed by atoms with E-state index in [9.17, 15) is 4.79 Å². The third-order valence-corrected chi connectivity index (χ3v) is 8.61. The van der Waals surface area contributed by atoms with Crippen molar-refractivity contribution in [2.24, 2.45) is 0 Å². The minimum absolute atomic E-state index is 0.0756. The minimum Gasteiger partial charge on any atom is -0.497 e. The Bertz CT molecular complexity index is 1230. The second-order valence-electron chi connectivity index (χ2n) is 10.7. The lowest BCUT2D eigenvalue weighted by Crippen LogP contribution is -2.52. The number of H-pyrrole nitrogens is 1. The van der Waals surface area contributed by atoms with Crippen molar-refractivity contribution in [1.82, 2.24) is 35.0 Å². The molecule has 6 rings (SSSR count). The van der Waals surface area contributed by atoms with E-state index >= 15 is 0 Å². The van der Waals surface area contributed by atoms with Crippen molar-refractivity contribution in [1.29, 1.82) is 0 Å². The Morgan fingerprint density at radius 2 is 1.67 bits per heavy atom. The lowest BCUT2D eigenvalue weighted by molar-refractivity contribution is 0.0613. The molecule has 0 bridgehead atoms. The predicted octanol–water partition coefficient (Wildman–Crippen LogP) is 3.68. The highest BCUT2D eigenvalue weighted by Gasteiger charge is 2.35. The minimum atomic E-state index is -0.284. The van der Waals surface area contributed by atoms with Gasteiger partial charge in [-0.2, -0.15) is 0 Å². The van der Waals surface area contributed by atoms with Gasteiger partial charge in [-0.25, -0.2) is 4.68 Å². The number of fused-ring (bicyclic) bond motifs is 1. The average molecular weight is 492 g/mol. The van der Waals surface area contributed by atoms with Gasteiger partial charge in [0.15, 0.2) is 5.82 Å². The molecule has 0 radical (unpaired) electrons. The number of rotatable bonds is 6. The molecule has 9 heteroatoms. The first-order chi connectivity index (χ1) is 17.7. The number of ether oxygens (including phenoxy) is 1. The van der Waals surface area contributed by atoms with Gasteiger partial charge in [0.05, 0.1) is 13.2 Å². The molecule has 3 heterocycles. The van der Waals surface area contributed by atoms with Crippen molar-refractivity contribution in [3.8, 4) is 5.75 Å². The van der Waals surface area contributed by atoms with Crippen molar-refractivity contribution in [2.75, 3.05) is 33.3 Å². The Hall–Kier alpha value is -2.78. The third kappa shape index (κ3) is 4.54. The predicted molar refractivity (Wildman–Crippen MR) is 138 cm³/mol. The van der Waals surface area contributed by atoms with Crippen LogP contribution in [0, 0.1) is 0 Å². The van der Waals surface area contributed by atoms with E-state index in [0.29, 0.717) is 17.6 Å². The zero-order chi connectivity index (χ0) is 24.5. The van der Waals surface area contributed by atoms with Crippen molar-refractivity contribution >= 4 is 10.9 Å². The normalized spacial score (nSPS) is 21.8. The molecule has 1 N–H and O–H groups in total. The monoisotopic (exact) mass is 491 g/mol. The highest BCUT2D eigenvalue weighted by Crippen LogP contribution is 2.35. The maximum absolute atomic E-state index is 13.5. The Kier molecular flexibility index (Phi) is 6.75. The summed E-state index contributed by atoms with van der Waals surface area (Å²) in [6, 6.07) is 8.50. The number of aromatic amines is 1. The SMILES string of the molecule is COc1ccc2[nH]c(=O)c([C@H](c3nnnn3C3CCCC3)N3CCN(C4CCCCC4)CC3)cc2c1. The second-order valence-corrected chi connectivity index (χ2v) is 10.7. The third-order valence-electron chi connectivity index (χ3n) is 8.61. The topological polar surface area (TPSA) is 92.2 Å². The number of hydrogen-bond acceptors (Lipinski definition) is 7. The van der Waals surface area contributed by atoms with Crippen LogP contribution in [0.2, 0.25) is 0 Å². The van der Waals surface area contributed by atoms with E-state index < -0.39 is 0 Å². The maximum Gasteiger partial charge on any atom is 0.253 e. The molecule has 1 atom stereocenters. The molecule has 0 spiro atoms. The van der Waals surface area contributed by atoms with E-state index in [2.05, 4.69) is 30.3 Å². The van der Waals surface area contributed by atoms with E-state index in [0.717, 1.165) is 61.5 Å². The van der Waals surface area contributed by atoms with Gasteiger partial charge >= 0.3 is 0 Å². The van der Waals surface area contributed by atoms with Crippen LogP contribution in [0.3, 0.4) is 0 Å². The lowest BCUT2D eigenvalue weighted by atomic mass is 9.93. The molecule has 1 aliphatic heterocycles. The first-order valence-corrected chi connectivity index (χ1v) is 13.7. The van der Waals surface area contributed by atoms with Crippen LogP contribution < -0.4 is 10.3 Å². The summed E-state index contributed by atoms with van der Waals surface area (Å²) in [5.74, 6) is 1.56. The number of piperazine rings is 1. The van der Waals surface area contributed by atoms with E-state index in [1.165, 1.54) is 44.9 Å².